The Labute approximate surface area is 731 Å². The normalized spacial score (nSPS) is 24.8. The van der Waals surface area contributed by atoms with E-state index >= 15 is 0 Å². The van der Waals surface area contributed by atoms with Crippen molar-refractivity contribution in [3.05, 3.63) is 0 Å². The van der Waals surface area contributed by atoms with Gasteiger partial charge in [-0.3, -0.25) is 28.2 Å². The van der Waals surface area contributed by atoms with Gasteiger partial charge in [-0.1, -0.05) is 394 Å². The number of unbranched alkanes of at least 4 members (excludes halogenated alkanes) is 53. The summed E-state index contributed by atoms with van der Waals surface area (Å²) in [5, 5.41) is 103. The number of hydrogen-bond donors (Lipinski definition) is 10. The maximum atomic E-state index is 14.9. The topological polar surface area (TPSA) is 380 Å². The number of phosphoric ester groups is 1. The molecule has 2 saturated heterocycles. The molecular formula is C95H179O25P. The molecule has 26 heteroatoms. The molecule has 0 amide bonds. The van der Waals surface area contributed by atoms with Crippen molar-refractivity contribution >= 4 is 31.7 Å². The molecule has 0 spiro atoms. The van der Waals surface area contributed by atoms with Gasteiger partial charge in [0, 0.05) is 25.7 Å². The average molecular weight is 1750 g/mol. The number of carbonyl (C=O) groups is 4. The summed E-state index contributed by atoms with van der Waals surface area (Å²) in [7, 11) is -5.81. The Morgan fingerprint density at radius 3 is 0.983 bits per heavy atom. The SMILES string of the molecule is CCCCCCCCCCCCCCCCCCC(=O)OC1C(O)C(O)C(OC2OC(CO)C(O)C(O)C2O)C(OP(=O)(O)OCC(COC(=O)CCCCCCCCCCCCCCCCC)OC(=O)CCCCCCCCCCCCCCCCC)C1OC1OC(COC(=O)CCCCCCCCC(C)CCCCCCCC)C(O)C(O)C1O. The molecule has 1 aliphatic carbocycles. The van der Waals surface area contributed by atoms with E-state index in [4.69, 9.17) is 46.9 Å². The smallest absolute Gasteiger partial charge is 0.463 e. The van der Waals surface area contributed by atoms with E-state index in [1.54, 1.807) is 0 Å². The maximum Gasteiger partial charge on any atom is 0.472 e. The van der Waals surface area contributed by atoms with Gasteiger partial charge in [0.05, 0.1) is 13.2 Å². The zero-order chi connectivity index (χ0) is 88.4. The van der Waals surface area contributed by atoms with Gasteiger partial charge in [0.15, 0.2) is 24.8 Å². The van der Waals surface area contributed by atoms with Gasteiger partial charge in [0.1, 0.15) is 92.6 Å². The monoisotopic (exact) mass is 1750 g/mol. The van der Waals surface area contributed by atoms with Gasteiger partial charge in [-0.25, -0.2) is 4.57 Å². The second kappa shape index (κ2) is 73.3. The number of hydrogen-bond acceptors (Lipinski definition) is 24. The largest absolute Gasteiger partial charge is 0.472 e. The summed E-state index contributed by atoms with van der Waals surface area (Å²) in [6, 6.07) is 0. The molecule has 3 rings (SSSR count). The van der Waals surface area contributed by atoms with Crippen LogP contribution >= 0.6 is 7.82 Å². The van der Waals surface area contributed by atoms with Crippen LogP contribution in [0.5, 0.6) is 0 Å². The quantitative estimate of drug-likeness (QED) is 0.0117. The summed E-state index contributed by atoms with van der Waals surface area (Å²) in [6.45, 7) is 7.99. The Kier molecular flexibility index (Phi) is 68.2. The van der Waals surface area contributed by atoms with E-state index in [0.29, 0.717) is 38.0 Å². The minimum absolute atomic E-state index is 0.0175. The fraction of sp³-hybridized carbons (Fsp3) is 0.958. The van der Waals surface area contributed by atoms with Crippen molar-refractivity contribution in [2.24, 2.45) is 5.92 Å². The molecule has 0 aromatic rings. The summed E-state index contributed by atoms with van der Waals surface area (Å²) in [5.74, 6) is -2.25. The van der Waals surface area contributed by atoms with Crippen LogP contribution in [-0.2, 0) is 70.7 Å². The molecule has 3 fully saturated rings. The highest BCUT2D eigenvalue weighted by molar-refractivity contribution is 7.47. The Morgan fingerprint density at radius 2 is 0.620 bits per heavy atom. The standard InChI is InChI=1S/C95H179O25P/c1-6-10-14-18-22-25-28-31-34-37-40-43-46-49-57-63-69-81(100)117-90-86(105)87(106)91(118-94-88(107)84(103)82(101)76(70-96)115-94)93(92(90)119-95-89(108)85(104)83(102)77(116-95)73-112-79(98)67-61-55-51-50-53-59-65-74(5)64-58-52-21-17-13-9-4)120-121(109,110)113-72-75(114-80(99)68-62-56-48-45-42-39-36-33-30-27-24-20-16-12-8-3)71-111-78(97)66-60-54-47-44-41-38-35-32-29-26-23-19-15-11-7-2/h74-77,82-96,101-108H,6-73H2,1-5H3,(H,109,110). The molecule has 714 valence electrons. The first-order valence-electron chi connectivity index (χ1n) is 49.7. The lowest BCUT2D eigenvalue weighted by Gasteiger charge is -2.50. The van der Waals surface area contributed by atoms with Gasteiger partial charge in [-0.15, -0.1) is 0 Å². The van der Waals surface area contributed by atoms with Crippen molar-refractivity contribution in [3.63, 3.8) is 0 Å². The Balaban J connectivity index is 1.90. The number of rotatable bonds is 81. The third-order valence-corrected chi connectivity index (χ3v) is 25.7. The van der Waals surface area contributed by atoms with Gasteiger partial charge in [-0.2, -0.15) is 0 Å². The Bertz CT molecular complexity index is 2520. The average Bonchev–Trinajstić information content (AvgIpc) is 0.754. The maximum absolute atomic E-state index is 14.9. The third kappa shape index (κ3) is 53.3. The first-order valence-corrected chi connectivity index (χ1v) is 51.2. The number of ether oxygens (including phenoxy) is 8. The number of esters is 4. The minimum Gasteiger partial charge on any atom is -0.463 e. The molecule has 2 heterocycles. The van der Waals surface area contributed by atoms with E-state index in [1.165, 1.54) is 225 Å². The molecule has 0 radical (unpaired) electrons. The second-order valence-electron chi connectivity index (χ2n) is 35.9. The van der Waals surface area contributed by atoms with Crippen LogP contribution in [0.2, 0.25) is 0 Å². The molecule has 10 N–H and O–H groups in total. The lowest BCUT2D eigenvalue weighted by molar-refractivity contribution is -0.360. The molecular weight excluding hydrogens is 1570 g/mol. The van der Waals surface area contributed by atoms with Crippen molar-refractivity contribution in [2.75, 3.05) is 26.4 Å². The summed E-state index contributed by atoms with van der Waals surface area (Å²) in [6.07, 6.45) is 30.6. The van der Waals surface area contributed by atoms with Gasteiger partial charge < -0.3 is 88.7 Å². The highest BCUT2D eigenvalue weighted by Crippen LogP contribution is 2.49. The highest BCUT2D eigenvalue weighted by atomic mass is 31.2. The fourth-order valence-electron chi connectivity index (χ4n) is 16.8. The predicted molar refractivity (Wildman–Crippen MR) is 472 cm³/mol. The summed E-state index contributed by atoms with van der Waals surface area (Å²) < 4.78 is 73.7. The highest BCUT2D eigenvalue weighted by Gasteiger charge is 2.60. The van der Waals surface area contributed by atoms with E-state index < -0.39 is 162 Å². The minimum atomic E-state index is -5.81. The van der Waals surface area contributed by atoms with Crippen molar-refractivity contribution < 1.29 is 122 Å². The lowest BCUT2D eigenvalue weighted by Crippen LogP contribution is -2.70. The van der Waals surface area contributed by atoms with Crippen molar-refractivity contribution in [1.29, 1.82) is 0 Å². The van der Waals surface area contributed by atoms with Gasteiger partial charge in [0.2, 0.25) is 0 Å². The fourth-order valence-corrected chi connectivity index (χ4v) is 17.8. The molecule has 1 saturated carbocycles. The van der Waals surface area contributed by atoms with Crippen LogP contribution in [0.15, 0.2) is 0 Å². The molecule has 2 aliphatic heterocycles. The van der Waals surface area contributed by atoms with E-state index in [2.05, 4.69) is 34.6 Å². The summed E-state index contributed by atoms with van der Waals surface area (Å²) in [5.41, 5.74) is 0. The van der Waals surface area contributed by atoms with Crippen LogP contribution in [0.1, 0.15) is 446 Å². The third-order valence-electron chi connectivity index (χ3n) is 24.8. The first kappa shape index (κ1) is 113. The second-order valence-corrected chi connectivity index (χ2v) is 37.3. The Hall–Kier alpha value is -2.53. The van der Waals surface area contributed by atoms with Crippen LogP contribution in [0.4, 0.5) is 0 Å². The van der Waals surface area contributed by atoms with Gasteiger partial charge in [0.25, 0.3) is 0 Å². The van der Waals surface area contributed by atoms with E-state index in [9.17, 15) is 74.6 Å². The van der Waals surface area contributed by atoms with E-state index in [0.717, 1.165) is 128 Å². The van der Waals surface area contributed by atoms with Crippen LogP contribution in [0.25, 0.3) is 0 Å². The zero-order valence-corrected chi connectivity index (χ0v) is 77.4. The number of carbonyl (C=O) groups excluding carboxylic acids is 4. The molecule has 25 nitrogen and oxygen atoms in total. The molecule has 0 aromatic heterocycles. The molecule has 121 heavy (non-hydrogen) atoms. The zero-order valence-electron chi connectivity index (χ0n) is 76.5. The number of aliphatic hydroxyl groups is 9. The van der Waals surface area contributed by atoms with Crippen LogP contribution in [-0.4, -0.2) is 205 Å². The van der Waals surface area contributed by atoms with Gasteiger partial charge >= 0.3 is 31.7 Å². The lowest BCUT2D eigenvalue weighted by atomic mass is 9.84. The predicted octanol–water partition coefficient (Wildman–Crippen LogP) is 19.2. The first-order chi connectivity index (χ1) is 58.6. The van der Waals surface area contributed by atoms with E-state index in [-0.39, 0.29) is 25.7 Å². The van der Waals surface area contributed by atoms with Crippen molar-refractivity contribution in [3.8, 4) is 0 Å². The Morgan fingerprint density at radius 1 is 0.322 bits per heavy atom. The molecule has 19 unspecified atom stereocenters. The van der Waals surface area contributed by atoms with Crippen LogP contribution in [0.3, 0.4) is 0 Å². The van der Waals surface area contributed by atoms with E-state index in [1.807, 2.05) is 0 Å². The van der Waals surface area contributed by atoms with Crippen molar-refractivity contribution in [2.45, 2.75) is 550 Å². The summed E-state index contributed by atoms with van der Waals surface area (Å²) >= 11 is 0. The number of phosphoric acid groups is 1. The summed E-state index contributed by atoms with van der Waals surface area (Å²) in [4.78, 5) is 66.7. The molecule has 0 aromatic carbocycles. The molecule has 19 atom stereocenters. The number of aliphatic hydroxyl groups excluding tert-OH is 9. The van der Waals surface area contributed by atoms with Gasteiger partial charge in [-0.05, 0) is 31.6 Å². The van der Waals surface area contributed by atoms with Crippen LogP contribution in [0, 0.1) is 5.92 Å². The molecule has 3 aliphatic rings. The van der Waals surface area contributed by atoms with Crippen LogP contribution < -0.4 is 0 Å². The van der Waals surface area contributed by atoms with Crippen molar-refractivity contribution in [1.82, 2.24) is 0 Å². The molecule has 0 bridgehead atoms.